The Hall–Kier alpha value is -3.59. The number of fused-ring (bicyclic) bond motifs is 1. The van der Waals surface area contributed by atoms with E-state index in [-0.39, 0.29) is 41.0 Å². The maximum Gasteiger partial charge on any atom is 0.309 e. The smallest absolute Gasteiger partial charge is 0.309 e. The minimum atomic E-state index is -1.34. The van der Waals surface area contributed by atoms with Gasteiger partial charge in [0.15, 0.2) is 11.6 Å². The first kappa shape index (κ1) is 26.7. The summed E-state index contributed by atoms with van der Waals surface area (Å²) < 4.78 is 15.7. The van der Waals surface area contributed by atoms with Gasteiger partial charge in [-0.15, -0.1) is 0 Å². The SMILES string of the molecule is CC(=O)Oc1ccc(OC(C)=O)c2c1C(=O)C=C(C(CC=C(C)C)OC(=O)CC(C)(C)O)C2=O. The summed E-state index contributed by atoms with van der Waals surface area (Å²) in [6.07, 6.45) is 1.37. The summed E-state index contributed by atoms with van der Waals surface area (Å²) in [7, 11) is 0. The standard InChI is InChI=1S/C25H28O9/c1-13(2)7-8-18(34-21(29)12-25(5,6)31)16-11-17(28)22-19(32-14(3)26)9-10-20(33-15(4)27)23(22)24(16)30/h7,9-11,18,31H,8,12H2,1-6H3. The summed E-state index contributed by atoms with van der Waals surface area (Å²) in [4.78, 5) is 62.2. The molecular formula is C25H28O9. The van der Waals surface area contributed by atoms with Gasteiger partial charge in [-0.3, -0.25) is 24.0 Å². The van der Waals surface area contributed by atoms with E-state index in [4.69, 9.17) is 14.2 Å². The molecule has 1 N–H and O–H groups in total. The Kier molecular flexibility index (Phi) is 8.28. The van der Waals surface area contributed by atoms with Crippen LogP contribution in [0.15, 0.2) is 35.4 Å². The predicted molar refractivity (Wildman–Crippen MR) is 121 cm³/mol. The molecule has 0 spiro atoms. The third-order valence-electron chi connectivity index (χ3n) is 4.60. The summed E-state index contributed by atoms with van der Waals surface area (Å²) in [5.41, 5.74) is -1.08. The summed E-state index contributed by atoms with van der Waals surface area (Å²) in [5.74, 6) is -3.95. The van der Waals surface area contributed by atoms with Crippen LogP contribution in [0.2, 0.25) is 0 Å². The normalized spacial score (nSPS) is 13.9. The minimum absolute atomic E-state index is 0.0899. The highest BCUT2D eigenvalue weighted by Crippen LogP contribution is 2.38. The van der Waals surface area contributed by atoms with E-state index in [2.05, 4.69) is 0 Å². The lowest BCUT2D eigenvalue weighted by Gasteiger charge is -2.25. The second-order valence-corrected chi connectivity index (χ2v) is 8.78. The van der Waals surface area contributed by atoms with Crippen LogP contribution in [0.3, 0.4) is 0 Å². The van der Waals surface area contributed by atoms with Gasteiger partial charge in [-0.2, -0.15) is 0 Å². The van der Waals surface area contributed by atoms with E-state index >= 15 is 0 Å². The zero-order valence-electron chi connectivity index (χ0n) is 20.0. The molecule has 34 heavy (non-hydrogen) atoms. The van der Waals surface area contributed by atoms with Crippen molar-refractivity contribution in [3.8, 4) is 11.5 Å². The van der Waals surface area contributed by atoms with E-state index in [1.807, 2.05) is 13.8 Å². The van der Waals surface area contributed by atoms with Crippen molar-refractivity contribution in [2.75, 3.05) is 0 Å². The molecule has 0 saturated carbocycles. The maximum atomic E-state index is 13.5. The molecule has 1 aromatic rings. The van der Waals surface area contributed by atoms with Crippen LogP contribution in [0, 0.1) is 0 Å². The monoisotopic (exact) mass is 472 g/mol. The Balaban J connectivity index is 2.60. The fraction of sp³-hybridized carbons (Fsp3) is 0.400. The van der Waals surface area contributed by atoms with Crippen LogP contribution >= 0.6 is 0 Å². The van der Waals surface area contributed by atoms with E-state index in [1.54, 1.807) is 6.08 Å². The molecule has 0 aromatic heterocycles. The molecule has 182 valence electrons. The fourth-order valence-corrected chi connectivity index (χ4v) is 3.31. The van der Waals surface area contributed by atoms with Crippen molar-refractivity contribution >= 4 is 29.5 Å². The third kappa shape index (κ3) is 6.95. The number of carbonyl (C=O) groups excluding carboxylic acids is 5. The van der Waals surface area contributed by atoms with E-state index in [0.717, 1.165) is 25.5 Å². The van der Waals surface area contributed by atoms with Crippen LogP contribution in [0.25, 0.3) is 0 Å². The lowest BCUT2D eigenvalue weighted by Crippen LogP contribution is -2.32. The van der Waals surface area contributed by atoms with Gasteiger partial charge in [-0.05, 0) is 45.9 Å². The van der Waals surface area contributed by atoms with Crippen LogP contribution < -0.4 is 9.47 Å². The zero-order valence-corrected chi connectivity index (χ0v) is 20.0. The molecule has 1 unspecified atom stereocenters. The van der Waals surface area contributed by atoms with Crippen LogP contribution in [-0.2, 0) is 19.1 Å². The minimum Gasteiger partial charge on any atom is -0.457 e. The molecule has 1 aliphatic rings. The molecule has 0 bridgehead atoms. The molecular weight excluding hydrogens is 444 g/mol. The molecule has 0 radical (unpaired) electrons. The van der Waals surface area contributed by atoms with Crippen LogP contribution in [-0.4, -0.2) is 46.3 Å². The second-order valence-electron chi connectivity index (χ2n) is 8.78. The number of rotatable bonds is 8. The lowest BCUT2D eigenvalue weighted by molar-refractivity contribution is -0.151. The van der Waals surface area contributed by atoms with Crippen LogP contribution in [0.1, 0.15) is 75.1 Å². The molecule has 0 amide bonds. The average Bonchev–Trinajstić information content (AvgIpc) is 2.66. The first-order valence-corrected chi connectivity index (χ1v) is 10.6. The highest BCUT2D eigenvalue weighted by Gasteiger charge is 2.37. The number of ether oxygens (including phenoxy) is 3. The van der Waals surface area contributed by atoms with E-state index in [1.165, 1.54) is 26.0 Å². The van der Waals surface area contributed by atoms with Gasteiger partial charge >= 0.3 is 17.9 Å². The van der Waals surface area contributed by atoms with Gasteiger partial charge in [0.25, 0.3) is 0 Å². The topological polar surface area (TPSA) is 133 Å². The number of benzene rings is 1. The zero-order chi connectivity index (χ0) is 25.8. The van der Waals surface area contributed by atoms with Gasteiger partial charge in [0, 0.05) is 25.8 Å². The van der Waals surface area contributed by atoms with Gasteiger partial charge in [0.1, 0.15) is 17.6 Å². The van der Waals surface area contributed by atoms with Crippen molar-refractivity contribution in [2.45, 2.75) is 66.1 Å². The molecule has 1 aliphatic carbocycles. The van der Waals surface area contributed by atoms with Gasteiger partial charge < -0.3 is 19.3 Å². The summed E-state index contributed by atoms with van der Waals surface area (Å²) in [5, 5.41) is 9.94. The number of hydrogen-bond acceptors (Lipinski definition) is 9. The number of aliphatic hydroxyl groups is 1. The van der Waals surface area contributed by atoms with Crippen LogP contribution in [0.4, 0.5) is 0 Å². The van der Waals surface area contributed by atoms with Crippen molar-refractivity contribution < 1.29 is 43.3 Å². The Morgan fingerprint density at radius 1 is 0.971 bits per heavy atom. The summed E-state index contributed by atoms with van der Waals surface area (Å²) >= 11 is 0. The number of hydrogen-bond donors (Lipinski definition) is 1. The molecule has 9 nitrogen and oxygen atoms in total. The quantitative estimate of drug-likeness (QED) is 0.344. The first-order valence-electron chi connectivity index (χ1n) is 10.6. The maximum absolute atomic E-state index is 13.5. The largest absolute Gasteiger partial charge is 0.457 e. The Morgan fingerprint density at radius 2 is 1.50 bits per heavy atom. The summed E-state index contributed by atoms with van der Waals surface area (Å²) in [6.45, 7) is 8.78. The van der Waals surface area contributed by atoms with Gasteiger partial charge in [0.05, 0.1) is 23.1 Å². The number of Topliss-reactive ketones (excluding diaryl/α,β-unsaturated/α-hetero) is 1. The number of carbonyl (C=O) groups is 5. The number of ketones is 2. The Morgan fingerprint density at radius 3 is 1.97 bits per heavy atom. The molecule has 2 rings (SSSR count). The highest BCUT2D eigenvalue weighted by atomic mass is 16.5. The van der Waals surface area contributed by atoms with E-state index in [9.17, 15) is 29.1 Å². The number of esters is 3. The third-order valence-corrected chi connectivity index (χ3v) is 4.60. The Labute approximate surface area is 197 Å². The van der Waals surface area contributed by atoms with Crippen molar-refractivity contribution in [2.24, 2.45) is 0 Å². The molecule has 9 heteroatoms. The van der Waals surface area contributed by atoms with Crippen molar-refractivity contribution in [3.05, 3.63) is 46.6 Å². The second kappa shape index (κ2) is 10.6. The van der Waals surface area contributed by atoms with Crippen molar-refractivity contribution in [1.29, 1.82) is 0 Å². The molecule has 1 aromatic carbocycles. The van der Waals surface area contributed by atoms with Gasteiger partial charge in [-0.1, -0.05) is 11.6 Å². The predicted octanol–water partition coefficient (Wildman–Crippen LogP) is 3.27. The van der Waals surface area contributed by atoms with Gasteiger partial charge in [0.2, 0.25) is 0 Å². The fourth-order valence-electron chi connectivity index (χ4n) is 3.31. The lowest BCUT2D eigenvalue weighted by atomic mass is 9.85. The highest BCUT2D eigenvalue weighted by molar-refractivity contribution is 6.27. The molecule has 1 atom stereocenters. The molecule has 0 heterocycles. The first-order chi connectivity index (χ1) is 15.7. The van der Waals surface area contributed by atoms with Crippen molar-refractivity contribution in [3.63, 3.8) is 0 Å². The molecule has 0 fully saturated rings. The molecule has 0 aliphatic heterocycles. The van der Waals surface area contributed by atoms with Gasteiger partial charge in [-0.25, -0.2) is 0 Å². The average molecular weight is 472 g/mol. The Bertz CT molecular complexity index is 1100. The van der Waals surface area contributed by atoms with Crippen LogP contribution in [0.5, 0.6) is 11.5 Å². The van der Waals surface area contributed by atoms with E-state index in [0.29, 0.717) is 0 Å². The summed E-state index contributed by atoms with van der Waals surface area (Å²) in [6, 6.07) is 2.50. The molecule has 0 saturated heterocycles. The van der Waals surface area contributed by atoms with Crippen molar-refractivity contribution in [1.82, 2.24) is 0 Å². The van der Waals surface area contributed by atoms with E-state index < -0.39 is 41.2 Å². The number of allylic oxidation sites excluding steroid dienone is 2.